The molecule has 216 valence electrons. The zero-order valence-electron chi connectivity index (χ0n) is 22.2. The molecule has 0 unspecified atom stereocenters. The van der Waals surface area contributed by atoms with Crippen LogP contribution in [0.4, 0.5) is 0 Å². The van der Waals surface area contributed by atoms with Gasteiger partial charge in [0, 0.05) is 19.8 Å². The van der Waals surface area contributed by atoms with Crippen molar-refractivity contribution in [1.82, 2.24) is 0 Å². The van der Waals surface area contributed by atoms with Crippen LogP contribution in [0.25, 0.3) is 0 Å². The van der Waals surface area contributed by atoms with Crippen LogP contribution in [0.3, 0.4) is 0 Å². The summed E-state index contributed by atoms with van der Waals surface area (Å²) in [5.41, 5.74) is 0. The van der Waals surface area contributed by atoms with E-state index in [1.807, 2.05) is 0 Å². The van der Waals surface area contributed by atoms with Crippen LogP contribution in [-0.2, 0) is 39.0 Å². The standard InChI is InChI=1S/4C7H12O2.Os/c4*8-7(9)6-4-2-1-3-5-6;/h4*6H,1-5H2,(H,8,9);. The summed E-state index contributed by atoms with van der Waals surface area (Å²) in [5.74, 6) is -2.52. The van der Waals surface area contributed by atoms with Gasteiger partial charge in [0.15, 0.2) is 0 Å². The fourth-order valence-electron chi connectivity index (χ4n) is 5.40. The maximum atomic E-state index is 10.4. The first kappa shape index (κ1) is 35.5. The Labute approximate surface area is 235 Å². The van der Waals surface area contributed by atoms with E-state index in [4.69, 9.17) is 20.4 Å². The molecule has 8 nitrogen and oxygen atoms in total. The first-order chi connectivity index (χ1) is 17.2. The molecule has 0 aromatic heterocycles. The van der Waals surface area contributed by atoms with Crippen LogP contribution in [0.2, 0.25) is 0 Å². The second-order valence-electron chi connectivity index (χ2n) is 10.7. The molecule has 0 aliphatic heterocycles. The van der Waals surface area contributed by atoms with Gasteiger partial charge in [0.05, 0.1) is 23.7 Å². The van der Waals surface area contributed by atoms with Crippen LogP contribution in [0.15, 0.2) is 0 Å². The SMILES string of the molecule is O=C(O)C1CCCCC1.O=C(O)C1CCCCC1.O=C(O)C1CCCCC1.O=C(O)C1CCCCC1.[Os]. The summed E-state index contributed by atoms with van der Waals surface area (Å²) >= 11 is 0. The molecule has 9 heteroatoms. The number of carbonyl (C=O) groups is 4. The summed E-state index contributed by atoms with van der Waals surface area (Å²) in [6.07, 6.45) is 21.0. The number of carboxylic acids is 4. The Kier molecular flexibility index (Phi) is 20.6. The van der Waals surface area contributed by atoms with Gasteiger partial charge >= 0.3 is 23.9 Å². The monoisotopic (exact) mass is 704 g/mol. The largest absolute Gasteiger partial charge is 0.481 e. The topological polar surface area (TPSA) is 149 Å². The Morgan fingerprint density at radius 3 is 0.541 bits per heavy atom. The Bertz CT molecular complexity index is 533. The van der Waals surface area contributed by atoms with E-state index < -0.39 is 23.9 Å². The average Bonchev–Trinajstić information content (AvgIpc) is 2.92. The molecule has 4 rings (SSSR count). The fourth-order valence-corrected chi connectivity index (χ4v) is 5.40. The molecule has 0 bridgehead atoms. The van der Waals surface area contributed by atoms with E-state index in [0.717, 1.165) is 103 Å². The Balaban J connectivity index is 0.000000463. The molecule has 4 aliphatic rings. The molecule has 4 saturated carbocycles. The van der Waals surface area contributed by atoms with E-state index in [0.29, 0.717) is 0 Å². The zero-order chi connectivity index (χ0) is 26.8. The number of hydrogen-bond donors (Lipinski definition) is 4. The van der Waals surface area contributed by atoms with E-state index in [2.05, 4.69) is 0 Å². The minimum atomic E-state index is -0.602. The van der Waals surface area contributed by atoms with Crippen LogP contribution in [0.5, 0.6) is 0 Å². The molecule has 4 aliphatic carbocycles. The van der Waals surface area contributed by atoms with Gasteiger partial charge in [-0.25, -0.2) is 0 Å². The minimum Gasteiger partial charge on any atom is -0.481 e. The summed E-state index contributed by atoms with van der Waals surface area (Å²) in [6, 6.07) is 0. The maximum absolute atomic E-state index is 10.4. The molecular weight excluding hydrogens is 655 g/mol. The first-order valence-electron chi connectivity index (χ1n) is 14.1. The van der Waals surface area contributed by atoms with Crippen molar-refractivity contribution in [3.63, 3.8) is 0 Å². The zero-order valence-corrected chi connectivity index (χ0v) is 24.8. The summed E-state index contributed by atoms with van der Waals surface area (Å²) in [5, 5.41) is 34.2. The average molecular weight is 703 g/mol. The molecule has 0 aromatic rings. The van der Waals surface area contributed by atoms with Gasteiger partial charge in [0.1, 0.15) is 0 Å². The fraction of sp³-hybridized carbons (Fsp3) is 0.857. The molecule has 0 heterocycles. The maximum Gasteiger partial charge on any atom is 0.306 e. The van der Waals surface area contributed by atoms with Gasteiger partial charge in [-0.2, -0.15) is 0 Å². The number of aliphatic carboxylic acids is 4. The van der Waals surface area contributed by atoms with Crippen LogP contribution in [0, 0.1) is 23.7 Å². The molecule has 0 radical (unpaired) electrons. The van der Waals surface area contributed by atoms with E-state index in [1.165, 1.54) is 25.7 Å². The van der Waals surface area contributed by atoms with Gasteiger partial charge in [0.2, 0.25) is 0 Å². The third kappa shape index (κ3) is 16.9. The van der Waals surface area contributed by atoms with Crippen molar-refractivity contribution in [3.05, 3.63) is 0 Å². The predicted octanol–water partition coefficient (Wildman–Crippen LogP) is 6.60. The first-order valence-corrected chi connectivity index (χ1v) is 14.1. The van der Waals surface area contributed by atoms with Crippen molar-refractivity contribution in [3.8, 4) is 0 Å². The molecule has 0 spiro atoms. The van der Waals surface area contributed by atoms with Gasteiger partial charge in [-0.1, -0.05) is 77.0 Å². The Morgan fingerprint density at radius 2 is 0.459 bits per heavy atom. The van der Waals surface area contributed by atoms with Gasteiger partial charge in [0.25, 0.3) is 0 Å². The van der Waals surface area contributed by atoms with Gasteiger partial charge < -0.3 is 20.4 Å². The van der Waals surface area contributed by atoms with Crippen LogP contribution in [0.1, 0.15) is 128 Å². The normalized spacial score (nSPS) is 21.2. The third-order valence-electron chi connectivity index (χ3n) is 7.82. The summed E-state index contributed by atoms with van der Waals surface area (Å²) < 4.78 is 0. The van der Waals surface area contributed by atoms with Crippen molar-refractivity contribution >= 4 is 23.9 Å². The van der Waals surface area contributed by atoms with Gasteiger partial charge in [-0.15, -0.1) is 0 Å². The van der Waals surface area contributed by atoms with Crippen LogP contribution in [-0.4, -0.2) is 44.3 Å². The smallest absolute Gasteiger partial charge is 0.306 e. The number of hydrogen-bond acceptors (Lipinski definition) is 4. The van der Waals surface area contributed by atoms with E-state index in [1.54, 1.807) is 0 Å². The number of carboxylic acid groups (broad SMARTS) is 4. The summed E-state index contributed by atoms with van der Waals surface area (Å²) in [4.78, 5) is 41.4. The van der Waals surface area contributed by atoms with E-state index in [9.17, 15) is 19.2 Å². The Hall–Kier alpha value is -1.48. The molecular formula is C28H48O8Os. The molecule has 4 fully saturated rings. The molecule has 4 N–H and O–H groups in total. The molecule has 0 aromatic carbocycles. The second-order valence-corrected chi connectivity index (χ2v) is 10.7. The van der Waals surface area contributed by atoms with Crippen molar-refractivity contribution in [2.75, 3.05) is 0 Å². The van der Waals surface area contributed by atoms with E-state index >= 15 is 0 Å². The molecule has 37 heavy (non-hydrogen) atoms. The van der Waals surface area contributed by atoms with Gasteiger partial charge in [-0.05, 0) is 51.4 Å². The molecule has 0 amide bonds. The minimum absolute atomic E-state index is 0. The molecule has 0 saturated heterocycles. The van der Waals surface area contributed by atoms with E-state index in [-0.39, 0.29) is 43.5 Å². The molecule has 0 atom stereocenters. The third-order valence-corrected chi connectivity index (χ3v) is 7.82. The second kappa shape index (κ2) is 21.4. The van der Waals surface area contributed by atoms with Crippen molar-refractivity contribution in [1.29, 1.82) is 0 Å². The predicted molar refractivity (Wildman–Crippen MR) is 137 cm³/mol. The van der Waals surface area contributed by atoms with Crippen molar-refractivity contribution < 1.29 is 59.4 Å². The van der Waals surface area contributed by atoms with Gasteiger partial charge in [-0.3, -0.25) is 19.2 Å². The van der Waals surface area contributed by atoms with Crippen LogP contribution < -0.4 is 0 Å². The Morgan fingerprint density at radius 1 is 0.324 bits per heavy atom. The van der Waals surface area contributed by atoms with Crippen molar-refractivity contribution in [2.24, 2.45) is 23.7 Å². The number of rotatable bonds is 4. The van der Waals surface area contributed by atoms with Crippen LogP contribution >= 0.6 is 0 Å². The summed E-state index contributed by atoms with van der Waals surface area (Å²) in [7, 11) is 0. The summed E-state index contributed by atoms with van der Waals surface area (Å²) in [6.45, 7) is 0. The quantitative estimate of drug-likeness (QED) is 0.256. The van der Waals surface area contributed by atoms with Crippen molar-refractivity contribution in [2.45, 2.75) is 128 Å².